The van der Waals surface area contributed by atoms with Gasteiger partial charge in [0, 0.05) is 42.8 Å². The molecule has 1 aromatic carbocycles. The molecular formula is C26H34ClFN4O3S. The highest BCUT2D eigenvalue weighted by Gasteiger charge is 2.40. The normalized spacial score (nSPS) is 20.1. The van der Waals surface area contributed by atoms with Gasteiger partial charge in [-0.1, -0.05) is 23.4 Å². The number of aromatic nitrogens is 3. The second-order valence-corrected chi connectivity index (χ2v) is 9.86. The minimum Gasteiger partial charge on any atom is -0.466 e. The summed E-state index contributed by atoms with van der Waals surface area (Å²) in [4.78, 5) is 26.9. The number of aryl methyl sites for hydroxylation is 1. The first kappa shape index (κ1) is 28.3. The molecule has 1 saturated heterocycles. The van der Waals surface area contributed by atoms with Crippen molar-refractivity contribution in [1.82, 2.24) is 19.9 Å². The van der Waals surface area contributed by atoms with Crippen molar-refractivity contribution in [2.45, 2.75) is 63.3 Å². The van der Waals surface area contributed by atoms with E-state index in [0.29, 0.717) is 44.6 Å². The lowest BCUT2D eigenvalue weighted by atomic mass is 9.93. The first-order chi connectivity index (χ1) is 17.0. The van der Waals surface area contributed by atoms with Crippen LogP contribution in [0.4, 0.5) is 4.39 Å². The van der Waals surface area contributed by atoms with Gasteiger partial charge in [0.25, 0.3) is 0 Å². The van der Waals surface area contributed by atoms with Gasteiger partial charge in [-0.15, -0.1) is 17.5 Å². The summed E-state index contributed by atoms with van der Waals surface area (Å²) in [5, 5.41) is 8.30. The summed E-state index contributed by atoms with van der Waals surface area (Å²) in [6.45, 7) is 4.03. The molecule has 2 fully saturated rings. The standard InChI is InChI=1S/C26H33FN4O3S.ClH/c1-2-34-24(32)9-5-6-13-31-20(16-28-29-31)15-19-17-30(14-12-23(19)35)25(26(33)18-10-11-18)21-7-3-4-8-22(21)27;/h3-4,7-8,15-16,18,23,25,35H,2,5-6,9-14,17H2,1H3;1H/b19-15-;. The predicted molar refractivity (Wildman–Crippen MR) is 142 cm³/mol. The third-order valence-electron chi connectivity index (χ3n) is 6.60. The van der Waals surface area contributed by atoms with Crippen LogP contribution in [0.1, 0.15) is 62.7 Å². The maximum Gasteiger partial charge on any atom is 0.305 e. The van der Waals surface area contributed by atoms with Crippen LogP contribution in [0.2, 0.25) is 0 Å². The lowest BCUT2D eigenvalue weighted by Gasteiger charge is -2.37. The van der Waals surface area contributed by atoms with Crippen LogP contribution >= 0.6 is 25.0 Å². The smallest absolute Gasteiger partial charge is 0.305 e. The molecule has 0 radical (unpaired) electrons. The number of thiol groups is 1. The van der Waals surface area contributed by atoms with Crippen molar-refractivity contribution in [3.05, 3.63) is 53.1 Å². The highest BCUT2D eigenvalue weighted by Crippen LogP contribution is 2.39. The molecule has 2 aliphatic rings. The third-order valence-corrected chi connectivity index (χ3v) is 7.19. The number of rotatable bonds is 11. The van der Waals surface area contributed by atoms with Crippen LogP contribution in [-0.2, 0) is 20.9 Å². The maximum absolute atomic E-state index is 14.8. The van der Waals surface area contributed by atoms with Gasteiger partial charge in [0.05, 0.1) is 24.5 Å². The summed E-state index contributed by atoms with van der Waals surface area (Å²) in [6, 6.07) is 6.02. The molecule has 196 valence electrons. The van der Waals surface area contributed by atoms with Crippen molar-refractivity contribution in [3.8, 4) is 0 Å². The molecule has 4 rings (SSSR count). The zero-order chi connectivity index (χ0) is 24.8. The first-order valence-corrected chi connectivity index (χ1v) is 12.9. The first-order valence-electron chi connectivity index (χ1n) is 12.4. The number of benzene rings is 1. The quantitative estimate of drug-likeness (QED) is 0.255. The van der Waals surface area contributed by atoms with E-state index in [1.54, 1.807) is 31.3 Å². The monoisotopic (exact) mass is 536 g/mol. The summed E-state index contributed by atoms with van der Waals surface area (Å²) in [7, 11) is 0. The van der Waals surface area contributed by atoms with Gasteiger partial charge >= 0.3 is 5.97 Å². The largest absolute Gasteiger partial charge is 0.466 e. The highest BCUT2D eigenvalue weighted by atomic mass is 35.5. The van der Waals surface area contributed by atoms with Gasteiger partial charge in [0.2, 0.25) is 0 Å². The summed E-state index contributed by atoms with van der Waals surface area (Å²) < 4.78 is 21.5. The Kier molecular flexibility index (Phi) is 10.5. The molecule has 0 N–H and O–H groups in total. The molecule has 2 heterocycles. The van der Waals surface area contributed by atoms with Crippen LogP contribution in [-0.4, -0.2) is 56.6 Å². The van der Waals surface area contributed by atoms with Crippen LogP contribution in [0.3, 0.4) is 0 Å². The summed E-state index contributed by atoms with van der Waals surface area (Å²) in [6.07, 6.45) is 8.16. The number of Topliss-reactive ketones (excluding diaryl/α,β-unsaturated/α-hetero) is 1. The van der Waals surface area contributed by atoms with E-state index >= 15 is 0 Å². The third kappa shape index (κ3) is 7.17. The average molecular weight is 537 g/mol. The van der Waals surface area contributed by atoms with Crippen LogP contribution in [0.5, 0.6) is 0 Å². The summed E-state index contributed by atoms with van der Waals surface area (Å²) in [5.41, 5.74) is 2.36. The molecule has 7 nitrogen and oxygen atoms in total. The average Bonchev–Trinajstić information content (AvgIpc) is 3.61. The number of esters is 1. The Bertz CT molecular complexity index is 1070. The number of carbonyl (C=O) groups excluding carboxylic acids is 2. The highest BCUT2D eigenvalue weighted by molar-refractivity contribution is 7.81. The lowest BCUT2D eigenvalue weighted by molar-refractivity contribution is -0.143. The SMILES string of the molecule is CCOC(=O)CCCCn1nncc1/C=C1/CN(C(C(=O)C2CC2)c2ccccc2F)CCC1S.Cl. The Hall–Kier alpha value is -2.23. The number of halogens is 2. The maximum atomic E-state index is 14.8. The van der Waals surface area contributed by atoms with E-state index in [9.17, 15) is 14.0 Å². The second kappa shape index (κ2) is 13.4. The number of unbranched alkanes of at least 4 members (excludes halogenated alkanes) is 1. The minimum atomic E-state index is -0.584. The van der Waals surface area contributed by atoms with Crippen LogP contribution in [0, 0.1) is 11.7 Å². The van der Waals surface area contributed by atoms with Gasteiger partial charge in [-0.05, 0) is 56.7 Å². The number of ketones is 1. The van der Waals surface area contributed by atoms with Crippen LogP contribution < -0.4 is 0 Å². The van der Waals surface area contributed by atoms with E-state index in [0.717, 1.165) is 37.0 Å². The van der Waals surface area contributed by atoms with Crippen LogP contribution in [0.15, 0.2) is 36.0 Å². The number of ether oxygens (including phenoxy) is 1. The van der Waals surface area contributed by atoms with Crippen molar-refractivity contribution in [1.29, 1.82) is 0 Å². The van der Waals surface area contributed by atoms with Gasteiger partial charge in [0.1, 0.15) is 5.82 Å². The van der Waals surface area contributed by atoms with Crippen LogP contribution in [0.25, 0.3) is 6.08 Å². The van der Waals surface area contributed by atoms with Crippen molar-refractivity contribution in [2.75, 3.05) is 19.7 Å². The molecule has 0 bridgehead atoms. The number of hydrogen-bond donors (Lipinski definition) is 1. The molecule has 1 saturated carbocycles. The van der Waals surface area contributed by atoms with Gasteiger partial charge in [-0.25, -0.2) is 9.07 Å². The molecule has 36 heavy (non-hydrogen) atoms. The van der Waals surface area contributed by atoms with Gasteiger partial charge in [-0.3, -0.25) is 14.5 Å². The molecule has 2 atom stereocenters. The Morgan fingerprint density at radius 3 is 2.75 bits per heavy atom. The topological polar surface area (TPSA) is 77.3 Å². The zero-order valence-corrected chi connectivity index (χ0v) is 22.2. The zero-order valence-electron chi connectivity index (χ0n) is 20.5. The van der Waals surface area contributed by atoms with Crippen molar-refractivity contribution in [3.63, 3.8) is 0 Å². The Labute approximate surface area is 223 Å². The molecule has 10 heteroatoms. The van der Waals surface area contributed by atoms with Gasteiger partial charge in [-0.2, -0.15) is 12.6 Å². The number of likely N-dealkylation sites (tertiary alicyclic amines) is 1. The second-order valence-electron chi connectivity index (χ2n) is 9.24. The van der Waals surface area contributed by atoms with Gasteiger partial charge in [0.15, 0.2) is 5.78 Å². The summed E-state index contributed by atoms with van der Waals surface area (Å²) >= 11 is 4.80. The van der Waals surface area contributed by atoms with E-state index in [2.05, 4.69) is 15.2 Å². The predicted octanol–water partition coefficient (Wildman–Crippen LogP) is 4.68. The van der Waals surface area contributed by atoms with Crippen molar-refractivity contribution >= 4 is 42.9 Å². The summed E-state index contributed by atoms with van der Waals surface area (Å²) in [5.74, 6) is -0.379. The van der Waals surface area contributed by atoms with E-state index in [4.69, 9.17) is 17.4 Å². The van der Waals surface area contributed by atoms with E-state index in [-0.39, 0.29) is 41.1 Å². The number of nitrogens with zero attached hydrogens (tertiary/aromatic N) is 4. The number of carbonyl (C=O) groups is 2. The molecule has 2 aromatic rings. The minimum absolute atomic E-state index is 0. The molecule has 2 unspecified atom stereocenters. The van der Waals surface area contributed by atoms with E-state index in [1.807, 2.05) is 10.8 Å². The lowest BCUT2D eigenvalue weighted by Crippen LogP contribution is -2.42. The van der Waals surface area contributed by atoms with Crippen molar-refractivity contribution < 1.29 is 18.7 Å². The van der Waals surface area contributed by atoms with E-state index in [1.165, 1.54) is 6.07 Å². The molecular weight excluding hydrogens is 503 g/mol. The van der Waals surface area contributed by atoms with Gasteiger partial charge < -0.3 is 4.74 Å². The molecule has 1 aliphatic heterocycles. The molecule has 0 amide bonds. The fourth-order valence-corrected chi connectivity index (χ4v) is 4.85. The Balaban J connectivity index is 0.00000361. The Morgan fingerprint density at radius 1 is 1.25 bits per heavy atom. The van der Waals surface area contributed by atoms with Crippen molar-refractivity contribution in [2.24, 2.45) is 5.92 Å². The molecule has 0 spiro atoms. The number of piperidine rings is 1. The molecule has 1 aromatic heterocycles. The fraction of sp³-hybridized carbons (Fsp3) is 0.538. The van der Waals surface area contributed by atoms with E-state index < -0.39 is 6.04 Å². The molecule has 1 aliphatic carbocycles. The Morgan fingerprint density at radius 2 is 2.03 bits per heavy atom. The number of hydrogen-bond acceptors (Lipinski definition) is 7. The fourth-order valence-electron chi connectivity index (χ4n) is 4.58.